The Labute approximate surface area is 81.4 Å². The van der Waals surface area contributed by atoms with E-state index in [1.165, 1.54) is 0 Å². The minimum Gasteiger partial charge on any atom is -0.481 e. The topological polar surface area (TPSA) is 54.4 Å². The van der Waals surface area contributed by atoms with Gasteiger partial charge in [-0.25, -0.2) is 0 Å². The van der Waals surface area contributed by atoms with E-state index in [1.54, 1.807) is 12.1 Å². The van der Waals surface area contributed by atoms with Crippen molar-refractivity contribution < 1.29 is 14.7 Å². The molecule has 1 N–H and O–H groups in total. The van der Waals surface area contributed by atoms with Crippen molar-refractivity contribution in [3.63, 3.8) is 0 Å². The van der Waals surface area contributed by atoms with Crippen molar-refractivity contribution in [3.8, 4) is 0 Å². The summed E-state index contributed by atoms with van der Waals surface area (Å²) in [6.07, 6.45) is 0.383. The average Bonchev–Trinajstić information content (AvgIpc) is 2.44. The summed E-state index contributed by atoms with van der Waals surface area (Å²) in [5, 5.41) is 8.67. The molecular weight excluding hydrogens is 180 g/mol. The average molecular weight is 190 g/mol. The first-order chi connectivity index (χ1) is 6.68. The molecule has 0 spiro atoms. The molecule has 14 heavy (non-hydrogen) atoms. The second-order valence-electron chi connectivity index (χ2n) is 3.51. The van der Waals surface area contributed by atoms with E-state index in [-0.39, 0.29) is 18.1 Å². The normalized spacial score (nSPS) is 19.4. The molecule has 1 atom stereocenters. The summed E-state index contributed by atoms with van der Waals surface area (Å²) in [6, 6.07) is 7.25. The van der Waals surface area contributed by atoms with Gasteiger partial charge in [0.15, 0.2) is 5.78 Å². The molecule has 0 aromatic heterocycles. The van der Waals surface area contributed by atoms with Gasteiger partial charge in [0.25, 0.3) is 0 Å². The molecule has 1 aromatic rings. The zero-order valence-corrected chi connectivity index (χ0v) is 7.56. The molecule has 1 aliphatic rings. The maximum Gasteiger partial charge on any atom is 0.303 e. The van der Waals surface area contributed by atoms with Crippen molar-refractivity contribution >= 4 is 11.8 Å². The summed E-state index contributed by atoms with van der Waals surface area (Å²) in [7, 11) is 0. The first-order valence-corrected chi connectivity index (χ1v) is 4.52. The molecule has 0 bridgehead atoms. The minimum absolute atomic E-state index is 0.0444. The Kier molecular flexibility index (Phi) is 2.08. The Bertz CT molecular complexity index is 393. The van der Waals surface area contributed by atoms with Crippen LogP contribution in [-0.4, -0.2) is 16.9 Å². The lowest BCUT2D eigenvalue weighted by atomic mass is 9.98. The van der Waals surface area contributed by atoms with Crippen LogP contribution in [0.4, 0.5) is 0 Å². The number of Topliss-reactive ketones (excluding diaryl/α,β-unsaturated/α-hetero) is 1. The van der Waals surface area contributed by atoms with Gasteiger partial charge in [-0.2, -0.15) is 0 Å². The van der Waals surface area contributed by atoms with Crippen molar-refractivity contribution in [1.29, 1.82) is 0 Å². The number of hydrogen-bond acceptors (Lipinski definition) is 2. The van der Waals surface area contributed by atoms with E-state index in [2.05, 4.69) is 0 Å². The zero-order chi connectivity index (χ0) is 10.1. The maximum absolute atomic E-state index is 11.5. The molecule has 3 heteroatoms. The summed E-state index contributed by atoms with van der Waals surface area (Å²) in [6.45, 7) is 0. The van der Waals surface area contributed by atoms with E-state index in [4.69, 9.17) is 5.11 Å². The van der Waals surface area contributed by atoms with E-state index < -0.39 is 5.97 Å². The van der Waals surface area contributed by atoms with Crippen LogP contribution in [0.5, 0.6) is 0 Å². The van der Waals surface area contributed by atoms with Crippen LogP contribution in [0.1, 0.15) is 34.7 Å². The minimum atomic E-state index is -0.848. The maximum atomic E-state index is 11.5. The molecule has 72 valence electrons. The highest BCUT2D eigenvalue weighted by molar-refractivity contribution is 6.01. The summed E-state index contributed by atoms with van der Waals surface area (Å²) >= 11 is 0. The largest absolute Gasteiger partial charge is 0.481 e. The Hall–Kier alpha value is -1.64. The monoisotopic (exact) mass is 190 g/mol. The van der Waals surface area contributed by atoms with Gasteiger partial charge in [0.05, 0.1) is 6.42 Å². The Morgan fingerprint density at radius 2 is 2.14 bits per heavy atom. The number of hydrogen-bond donors (Lipinski definition) is 1. The molecule has 0 saturated carbocycles. The fourth-order valence-corrected chi connectivity index (χ4v) is 1.94. The molecule has 0 heterocycles. The van der Waals surface area contributed by atoms with Crippen molar-refractivity contribution in [2.24, 2.45) is 0 Å². The number of ketones is 1. The van der Waals surface area contributed by atoms with Crippen LogP contribution < -0.4 is 0 Å². The number of carboxylic acid groups (broad SMARTS) is 1. The van der Waals surface area contributed by atoms with E-state index in [0.717, 1.165) is 5.56 Å². The number of carbonyl (C=O) groups excluding carboxylic acids is 1. The number of fused-ring (bicyclic) bond motifs is 1. The highest BCUT2D eigenvalue weighted by Crippen LogP contribution is 2.34. The van der Waals surface area contributed by atoms with Gasteiger partial charge >= 0.3 is 5.97 Å². The first-order valence-electron chi connectivity index (χ1n) is 4.52. The predicted molar refractivity (Wildman–Crippen MR) is 50.4 cm³/mol. The van der Waals surface area contributed by atoms with Gasteiger partial charge in [-0.3, -0.25) is 9.59 Å². The Balaban J connectivity index is 2.34. The summed E-state index contributed by atoms with van der Waals surface area (Å²) in [5.74, 6) is -0.914. The number of carbonyl (C=O) groups is 2. The van der Waals surface area contributed by atoms with Gasteiger partial charge in [0.1, 0.15) is 0 Å². The van der Waals surface area contributed by atoms with Crippen LogP contribution in [0.25, 0.3) is 0 Å². The Morgan fingerprint density at radius 1 is 1.43 bits per heavy atom. The molecule has 3 nitrogen and oxygen atoms in total. The van der Waals surface area contributed by atoms with Crippen LogP contribution in [0.2, 0.25) is 0 Å². The molecular formula is C11H10O3. The van der Waals surface area contributed by atoms with E-state index in [1.807, 2.05) is 12.1 Å². The summed E-state index contributed by atoms with van der Waals surface area (Å²) in [5.41, 5.74) is 1.58. The highest BCUT2D eigenvalue weighted by Gasteiger charge is 2.29. The van der Waals surface area contributed by atoms with Crippen LogP contribution in [0, 0.1) is 0 Å². The highest BCUT2D eigenvalue weighted by atomic mass is 16.4. The predicted octanol–water partition coefficient (Wildman–Crippen LogP) is 1.83. The fraction of sp³-hybridized carbons (Fsp3) is 0.273. The Morgan fingerprint density at radius 3 is 2.86 bits per heavy atom. The number of benzene rings is 1. The zero-order valence-electron chi connectivity index (χ0n) is 7.56. The molecule has 1 unspecified atom stereocenters. The van der Waals surface area contributed by atoms with Gasteiger partial charge in [0.2, 0.25) is 0 Å². The summed E-state index contributed by atoms with van der Waals surface area (Å²) < 4.78 is 0. The third kappa shape index (κ3) is 1.41. The second kappa shape index (κ2) is 3.25. The number of carboxylic acids is 1. The van der Waals surface area contributed by atoms with E-state index in [9.17, 15) is 9.59 Å². The smallest absolute Gasteiger partial charge is 0.303 e. The lowest BCUT2D eigenvalue weighted by Gasteiger charge is -2.05. The van der Waals surface area contributed by atoms with E-state index in [0.29, 0.717) is 12.0 Å². The third-order valence-corrected chi connectivity index (χ3v) is 2.55. The third-order valence-electron chi connectivity index (χ3n) is 2.55. The van der Waals surface area contributed by atoms with Crippen molar-refractivity contribution in [2.75, 3.05) is 0 Å². The lowest BCUT2D eigenvalue weighted by molar-refractivity contribution is -0.137. The lowest BCUT2D eigenvalue weighted by Crippen LogP contribution is -2.03. The van der Waals surface area contributed by atoms with Crippen LogP contribution >= 0.6 is 0 Å². The fourth-order valence-electron chi connectivity index (χ4n) is 1.94. The SMILES string of the molecule is O=C(O)CC1CC(=O)c2ccccc21. The number of aliphatic carboxylic acids is 1. The first kappa shape index (κ1) is 8.94. The van der Waals surface area contributed by atoms with Crippen LogP contribution in [-0.2, 0) is 4.79 Å². The molecule has 0 amide bonds. The van der Waals surface area contributed by atoms with Crippen molar-refractivity contribution in [2.45, 2.75) is 18.8 Å². The summed E-state index contributed by atoms with van der Waals surface area (Å²) in [4.78, 5) is 22.0. The molecule has 0 aliphatic heterocycles. The molecule has 0 fully saturated rings. The number of rotatable bonds is 2. The van der Waals surface area contributed by atoms with Gasteiger partial charge in [0, 0.05) is 17.9 Å². The second-order valence-corrected chi connectivity index (χ2v) is 3.51. The molecule has 2 rings (SSSR count). The van der Waals surface area contributed by atoms with E-state index >= 15 is 0 Å². The van der Waals surface area contributed by atoms with Crippen LogP contribution in [0.3, 0.4) is 0 Å². The van der Waals surface area contributed by atoms with Crippen molar-refractivity contribution in [3.05, 3.63) is 35.4 Å². The standard InChI is InChI=1S/C11H10O3/c12-10-5-7(6-11(13)14)8-3-1-2-4-9(8)10/h1-4,7H,5-6H2,(H,13,14). The molecule has 0 radical (unpaired) electrons. The molecule has 1 aliphatic carbocycles. The van der Waals surface area contributed by atoms with Gasteiger partial charge in [-0.1, -0.05) is 24.3 Å². The van der Waals surface area contributed by atoms with Gasteiger partial charge in [-0.05, 0) is 5.56 Å². The van der Waals surface area contributed by atoms with Crippen LogP contribution in [0.15, 0.2) is 24.3 Å². The molecule has 1 aromatic carbocycles. The van der Waals surface area contributed by atoms with Gasteiger partial charge in [-0.15, -0.1) is 0 Å². The molecule has 0 saturated heterocycles. The van der Waals surface area contributed by atoms with Crippen molar-refractivity contribution in [1.82, 2.24) is 0 Å². The van der Waals surface area contributed by atoms with Gasteiger partial charge < -0.3 is 5.11 Å². The quantitative estimate of drug-likeness (QED) is 0.774.